The van der Waals surface area contributed by atoms with Crippen molar-refractivity contribution in [3.8, 4) is 0 Å². The van der Waals surface area contributed by atoms with Gasteiger partial charge in [0.25, 0.3) is 6.01 Å². The smallest absolute Gasteiger partial charge is 0.335 e. The van der Waals surface area contributed by atoms with Crippen molar-refractivity contribution < 1.29 is 19.1 Å². The van der Waals surface area contributed by atoms with Gasteiger partial charge in [0.15, 0.2) is 5.58 Å². The van der Waals surface area contributed by atoms with Gasteiger partial charge in [0.1, 0.15) is 5.52 Å². The van der Waals surface area contributed by atoms with E-state index < -0.39 is 5.97 Å². The van der Waals surface area contributed by atoms with E-state index in [1.807, 2.05) is 0 Å². The first-order chi connectivity index (χ1) is 10.1. The van der Waals surface area contributed by atoms with Gasteiger partial charge in [0.05, 0.1) is 18.3 Å². The van der Waals surface area contributed by atoms with Crippen LogP contribution >= 0.6 is 0 Å². The summed E-state index contributed by atoms with van der Waals surface area (Å²) in [5, 5.41) is 12.0. The summed E-state index contributed by atoms with van der Waals surface area (Å²) in [5.74, 6) is -0.985. The molecule has 1 fully saturated rings. The highest BCUT2D eigenvalue weighted by Gasteiger charge is 2.18. The lowest BCUT2D eigenvalue weighted by atomic mass is 10.2. The van der Waals surface area contributed by atoms with Crippen molar-refractivity contribution in [2.75, 3.05) is 38.6 Å². The van der Waals surface area contributed by atoms with E-state index in [4.69, 9.17) is 14.3 Å². The Balaban J connectivity index is 1.68. The number of carbonyl (C=O) groups is 1. The molecule has 1 aromatic heterocycles. The van der Waals surface area contributed by atoms with Gasteiger partial charge in [-0.1, -0.05) is 0 Å². The van der Waals surface area contributed by atoms with Crippen LogP contribution in [0.5, 0.6) is 0 Å². The molecule has 1 aliphatic heterocycles. The van der Waals surface area contributed by atoms with E-state index in [-0.39, 0.29) is 11.7 Å². The minimum absolute atomic E-state index is 0.0911. The molecule has 1 atom stereocenters. The number of likely N-dealkylation sites (N-methyl/N-ethyl adjacent to an activating group) is 1. The maximum atomic E-state index is 10.9. The van der Waals surface area contributed by atoms with Gasteiger partial charge in [-0.2, -0.15) is 4.98 Å². The average Bonchev–Trinajstić information content (AvgIpc) is 2.87. The topological polar surface area (TPSA) is 87.8 Å². The van der Waals surface area contributed by atoms with Gasteiger partial charge in [-0.15, -0.1) is 0 Å². The zero-order chi connectivity index (χ0) is 14.8. The van der Waals surface area contributed by atoms with Gasteiger partial charge in [-0.05, 0) is 25.2 Å². The zero-order valence-corrected chi connectivity index (χ0v) is 11.7. The van der Waals surface area contributed by atoms with Gasteiger partial charge in [-0.3, -0.25) is 0 Å². The summed E-state index contributed by atoms with van der Waals surface area (Å²) in [6.07, 6.45) is 0.0911. The van der Waals surface area contributed by atoms with Crippen molar-refractivity contribution in [1.29, 1.82) is 0 Å². The molecule has 7 nitrogen and oxygen atoms in total. The number of oxazole rings is 1. The molecule has 2 N–H and O–H groups in total. The molecule has 0 saturated carbocycles. The Morgan fingerprint density at radius 1 is 1.57 bits per heavy atom. The number of rotatable bonds is 4. The van der Waals surface area contributed by atoms with Crippen molar-refractivity contribution in [2.45, 2.75) is 6.10 Å². The monoisotopic (exact) mass is 291 g/mol. The summed E-state index contributed by atoms with van der Waals surface area (Å²) in [7, 11) is 2.06. The standard InChI is InChI=1S/C14H17N3O4/c1-17-4-5-20-10(8-17)7-15-14-16-11-3-2-9(13(18)19)6-12(11)21-14/h2-3,6,10H,4-5,7-8H2,1H3,(H,15,16)(H,18,19). The second-order valence-electron chi connectivity index (χ2n) is 5.14. The number of anilines is 1. The van der Waals surface area contributed by atoms with Crippen LogP contribution < -0.4 is 5.32 Å². The lowest BCUT2D eigenvalue weighted by Crippen LogP contribution is -2.43. The van der Waals surface area contributed by atoms with Crippen LogP contribution in [0.1, 0.15) is 10.4 Å². The van der Waals surface area contributed by atoms with Gasteiger partial charge >= 0.3 is 5.97 Å². The molecule has 1 unspecified atom stereocenters. The summed E-state index contributed by atoms with van der Waals surface area (Å²) in [6.45, 7) is 3.12. The number of hydrogen-bond acceptors (Lipinski definition) is 6. The van der Waals surface area contributed by atoms with E-state index in [1.165, 1.54) is 12.1 Å². The second kappa shape index (κ2) is 5.71. The van der Waals surface area contributed by atoms with E-state index in [0.717, 1.165) is 19.7 Å². The lowest BCUT2D eigenvalue weighted by Gasteiger charge is -2.29. The maximum Gasteiger partial charge on any atom is 0.335 e. The number of aromatic nitrogens is 1. The molecular weight excluding hydrogens is 274 g/mol. The molecule has 0 aliphatic carbocycles. The van der Waals surface area contributed by atoms with Gasteiger partial charge in [0, 0.05) is 19.6 Å². The average molecular weight is 291 g/mol. The molecule has 2 aromatic rings. The van der Waals surface area contributed by atoms with Crippen molar-refractivity contribution in [2.24, 2.45) is 0 Å². The number of benzene rings is 1. The molecule has 1 saturated heterocycles. The van der Waals surface area contributed by atoms with Crippen LogP contribution in [-0.4, -0.2) is 60.4 Å². The zero-order valence-electron chi connectivity index (χ0n) is 11.7. The maximum absolute atomic E-state index is 10.9. The van der Waals surface area contributed by atoms with E-state index in [9.17, 15) is 4.79 Å². The van der Waals surface area contributed by atoms with Crippen LogP contribution in [-0.2, 0) is 4.74 Å². The van der Waals surface area contributed by atoms with Gasteiger partial charge < -0.3 is 24.5 Å². The molecule has 1 aromatic carbocycles. The fourth-order valence-corrected chi connectivity index (χ4v) is 2.32. The minimum atomic E-state index is -0.985. The number of fused-ring (bicyclic) bond motifs is 1. The highest BCUT2D eigenvalue weighted by Crippen LogP contribution is 2.20. The summed E-state index contributed by atoms with van der Waals surface area (Å²) in [4.78, 5) is 17.4. The van der Waals surface area contributed by atoms with E-state index in [2.05, 4.69) is 22.2 Å². The van der Waals surface area contributed by atoms with E-state index in [0.29, 0.717) is 23.7 Å². The summed E-state index contributed by atoms with van der Waals surface area (Å²) >= 11 is 0. The molecule has 1 aliphatic rings. The fourth-order valence-electron chi connectivity index (χ4n) is 2.32. The summed E-state index contributed by atoms with van der Waals surface area (Å²) in [5.41, 5.74) is 1.27. The van der Waals surface area contributed by atoms with Crippen LogP contribution in [0.15, 0.2) is 22.6 Å². The van der Waals surface area contributed by atoms with E-state index >= 15 is 0 Å². The lowest BCUT2D eigenvalue weighted by molar-refractivity contribution is -0.0119. The molecular formula is C14H17N3O4. The Hall–Kier alpha value is -2.12. The van der Waals surface area contributed by atoms with Crippen molar-refractivity contribution in [1.82, 2.24) is 9.88 Å². The highest BCUT2D eigenvalue weighted by atomic mass is 16.5. The number of ether oxygens (including phenoxy) is 1. The fraction of sp³-hybridized carbons (Fsp3) is 0.429. The number of aromatic carboxylic acids is 1. The molecule has 0 radical (unpaired) electrons. The number of hydrogen-bond donors (Lipinski definition) is 2. The predicted octanol–water partition coefficient (Wildman–Crippen LogP) is 1.27. The third kappa shape index (κ3) is 3.14. The first-order valence-electron chi connectivity index (χ1n) is 6.80. The third-order valence-electron chi connectivity index (χ3n) is 3.46. The molecule has 7 heteroatoms. The highest BCUT2D eigenvalue weighted by molar-refractivity contribution is 5.92. The number of morpholine rings is 1. The van der Waals surface area contributed by atoms with Crippen molar-refractivity contribution in [3.63, 3.8) is 0 Å². The molecule has 112 valence electrons. The summed E-state index contributed by atoms with van der Waals surface area (Å²) in [6, 6.07) is 5.00. The van der Waals surface area contributed by atoms with Crippen LogP contribution in [0.2, 0.25) is 0 Å². The number of nitrogens with zero attached hydrogens (tertiary/aromatic N) is 2. The number of carboxylic acid groups (broad SMARTS) is 1. The normalized spacial score (nSPS) is 19.8. The van der Waals surface area contributed by atoms with Crippen LogP contribution in [0.3, 0.4) is 0 Å². The molecule has 0 bridgehead atoms. The number of nitrogens with one attached hydrogen (secondary N) is 1. The Bertz CT molecular complexity index is 655. The molecule has 2 heterocycles. The SMILES string of the molecule is CN1CCOC(CNc2nc3ccc(C(=O)O)cc3o2)C1. The Kier molecular flexibility index (Phi) is 3.76. The largest absolute Gasteiger partial charge is 0.478 e. The Morgan fingerprint density at radius 3 is 3.19 bits per heavy atom. The number of carboxylic acids is 1. The first kappa shape index (κ1) is 13.8. The summed E-state index contributed by atoms with van der Waals surface area (Å²) < 4.78 is 11.2. The van der Waals surface area contributed by atoms with Crippen molar-refractivity contribution >= 4 is 23.1 Å². The molecule has 21 heavy (non-hydrogen) atoms. The molecule has 0 spiro atoms. The molecule has 3 rings (SSSR count). The quantitative estimate of drug-likeness (QED) is 0.877. The Labute approximate surface area is 121 Å². The minimum Gasteiger partial charge on any atom is -0.478 e. The molecule has 0 amide bonds. The first-order valence-corrected chi connectivity index (χ1v) is 6.80. The second-order valence-corrected chi connectivity index (χ2v) is 5.14. The predicted molar refractivity (Wildman–Crippen MR) is 76.7 cm³/mol. The van der Waals surface area contributed by atoms with Crippen LogP contribution in [0.25, 0.3) is 11.1 Å². The van der Waals surface area contributed by atoms with E-state index in [1.54, 1.807) is 6.07 Å². The third-order valence-corrected chi connectivity index (χ3v) is 3.46. The van der Waals surface area contributed by atoms with Gasteiger partial charge in [0.2, 0.25) is 0 Å². The Morgan fingerprint density at radius 2 is 2.43 bits per heavy atom. The van der Waals surface area contributed by atoms with Crippen LogP contribution in [0.4, 0.5) is 6.01 Å². The van der Waals surface area contributed by atoms with Gasteiger partial charge in [-0.25, -0.2) is 4.79 Å². The van der Waals surface area contributed by atoms with Crippen LogP contribution in [0, 0.1) is 0 Å². The van der Waals surface area contributed by atoms with Crippen molar-refractivity contribution in [3.05, 3.63) is 23.8 Å².